The minimum atomic E-state index is -0.883. The molecule has 0 heterocycles. The van der Waals surface area contributed by atoms with Crippen LogP contribution in [-0.2, 0) is 6.42 Å². The lowest BCUT2D eigenvalue weighted by molar-refractivity contribution is 0.296. The second-order valence-electron chi connectivity index (χ2n) is 7.57. The van der Waals surface area contributed by atoms with Gasteiger partial charge in [-0.3, -0.25) is 0 Å². The quantitative estimate of drug-likeness (QED) is 0.544. The maximum Gasteiger partial charge on any atom is 0.200 e. The minimum absolute atomic E-state index is 0.0208. The highest BCUT2D eigenvalue weighted by atomic mass is 19.2. The predicted octanol–water partition coefficient (Wildman–Crippen LogP) is 6.72. The van der Waals surface area contributed by atoms with E-state index in [1.54, 1.807) is 19.1 Å². The highest BCUT2D eigenvalue weighted by Gasteiger charge is 2.26. The fourth-order valence-electron chi connectivity index (χ4n) is 4.11. The molecule has 0 atom stereocenters. The fourth-order valence-corrected chi connectivity index (χ4v) is 4.11. The Morgan fingerprint density at radius 2 is 1.70 bits per heavy atom. The van der Waals surface area contributed by atoms with Crippen LogP contribution in [0.25, 0.3) is 0 Å². The molecule has 2 aromatic rings. The number of rotatable bonds is 6. The molecule has 0 aliphatic heterocycles. The summed E-state index contributed by atoms with van der Waals surface area (Å²) in [6, 6.07) is 8.59. The van der Waals surface area contributed by atoms with Gasteiger partial charge in [-0.25, -0.2) is 8.78 Å². The van der Waals surface area contributed by atoms with Crippen molar-refractivity contribution >= 4 is 0 Å². The van der Waals surface area contributed by atoms with Crippen molar-refractivity contribution in [2.75, 3.05) is 6.61 Å². The Bertz CT molecular complexity index is 779. The van der Waals surface area contributed by atoms with Crippen molar-refractivity contribution in [2.24, 2.45) is 5.92 Å². The third-order valence-corrected chi connectivity index (χ3v) is 5.69. The number of hydrogen-bond donors (Lipinski definition) is 0. The molecule has 0 radical (unpaired) electrons. The number of benzene rings is 2. The summed E-state index contributed by atoms with van der Waals surface area (Å²) < 4.78 is 47.6. The van der Waals surface area contributed by atoms with E-state index >= 15 is 0 Å². The van der Waals surface area contributed by atoms with Crippen LogP contribution in [0.3, 0.4) is 0 Å². The molecule has 4 heteroatoms. The van der Waals surface area contributed by atoms with Gasteiger partial charge >= 0.3 is 0 Å². The van der Waals surface area contributed by atoms with Crippen LogP contribution in [0.5, 0.6) is 5.75 Å². The molecule has 1 aliphatic rings. The molecule has 0 N–H and O–H groups in total. The third-order valence-electron chi connectivity index (χ3n) is 5.69. The summed E-state index contributed by atoms with van der Waals surface area (Å²) in [6.07, 6.45) is 5.27. The Labute approximate surface area is 159 Å². The lowest BCUT2D eigenvalue weighted by atomic mass is 9.76. The first-order chi connectivity index (χ1) is 13.0. The fraction of sp³-hybridized carbons (Fsp3) is 0.478. The Balaban J connectivity index is 1.56. The third kappa shape index (κ3) is 4.66. The van der Waals surface area contributed by atoms with Crippen molar-refractivity contribution in [3.05, 3.63) is 64.5 Å². The average molecular weight is 376 g/mol. The summed E-state index contributed by atoms with van der Waals surface area (Å²) in [7, 11) is 0. The Hall–Kier alpha value is -1.97. The van der Waals surface area contributed by atoms with Crippen LogP contribution in [0.15, 0.2) is 30.3 Å². The molecular weight excluding hydrogens is 349 g/mol. The van der Waals surface area contributed by atoms with Gasteiger partial charge in [-0.1, -0.05) is 18.2 Å². The van der Waals surface area contributed by atoms with E-state index in [4.69, 9.17) is 4.74 Å². The highest BCUT2D eigenvalue weighted by Crippen LogP contribution is 2.40. The monoisotopic (exact) mass is 376 g/mol. The van der Waals surface area contributed by atoms with Crippen LogP contribution < -0.4 is 4.74 Å². The summed E-state index contributed by atoms with van der Waals surface area (Å²) in [6.45, 7) is 3.94. The summed E-state index contributed by atoms with van der Waals surface area (Å²) in [4.78, 5) is 0. The molecule has 27 heavy (non-hydrogen) atoms. The predicted molar refractivity (Wildman–Crippen MR) is 102 cm³/mol. The normalized spacial score (nSPS) is 19.9. The lowest BCUT2D eigenvalue weighted by Crippen LogP contribution is -2.16. The van der Waals surface area contributed by atoms with Crippen LogP contribution in [0, 0.1) is 30.3 Å². The molecular formula is C23H27F3O. The van der Waals surface area contributed by atoms with Crippen LogP contribution in [-0.4, -0.2) is 6.61 Å². The summed E-state index contributed by atoms with van der Waals surface area (Å²) >= 11 is 0. The molecule has 0 bridgehead atoms. The second-order valence-corrected chi connectivity index (χ2v) is 7.57. The minimum Gasteiger partial charge on any atom is -0.491 e. The van der Waals surface area contributed by atoms with Crippen LogP contribution in [0.1, 0.15) is 61.6 Å². The van der Waals surface area contributed by atoms with Gasteiger partial charge in [0.2, 0.25) is 5.82 Å². The van der Waals surface area contributed by atoms with Gasteiger partial charge in [0, 0.05) is 0 Å². The molecule has 1 aliphatic carbocycles. The van der Waals surface area contributed by atoms with Gasteiger partial charge in [0.1, 0.15) is 5.82 Å². The SMILES string of the molecule is CCOc1ccc(C2CCC(CCc3ccc(C)cc3F)CC2)c(F)c1F. The van der Waals surface area contributed by atoms with E-state index in [9.17, 15) is 13.2 Å². The van der Waals surface area contributed by atoms with Gasteiger partial charge in [-0.15, -0.1) is 0 Å². The molecule has 1 saturated carbocycles. The molecule has 0 spiro atoms. The first-order valence-electron chi connectivity index (χ1n) is 9.85. The summed E-state index contributed by atoms with van der Waals surface area (Å²) in [5.74, 6) is -1.25. The molecule has 1 fully saturated rings. The maximum atomic E-state index is 14.4. The molecule has 0 amide bonds. The Kier molecular flexibility index (Phi) is 6.46. The van der Waals surface area contributed by atoms with Crippen LogP contribution in [0.2, 0.25) is 0 Å². The van der Waals surface area contributed by atoms with E-state index in [0.29, 0.717) is 18.1 Å². The van der Waals surface area contributed by atoms with Crippen molar-refractivity contribution < 1.29 is 17.9 Å². The summed E-state index contributed by atoms with van der Waals surface area (Å²) in [5.41, 5.74) is 2.16. The van der Waals surface area contributed by atoms with Crippen LogP contribution >= 0.6 is 0 Å². The maximum absolute atomic E-state index is 14.4. The van der Waals surface area contributed by atoms with Gasteiger partial charge in [-0.05, 0) is 93.0 Å². The van der Waals surface area contributed by atoms with Crippen molar-refractivity contribution in [3.8, 4) is 5.75 Å². The molecule has 0 aromatic heterocycles. The van der Waals surface area contributed by atoms with E-state index in [-0.39, 0.29) is 17.5 Å². The summed E-state index contributed by atoms with van der Waals surface area (Å²) in [5, 5.41) is 0. The molecule has 3 rings (SSSR count). The zero-order valence-electron chi connectivity index (χ0n) is 16.0. The van der Waals surface area contributed by atoms with Crippen LogP contribution in [0.4, 0.5) is 13.2 Å². The molecule has 0 unspecified atom stereocenters. The largest absolute Gasteiger partial charge is 0.491 e. The molecule has 146 valence electrons. The smallest absolute Gasteiger partial charge is 0.200 e. The topological polar surface area (TPSA) is 9.23 Å². The Morgan fingerprint density at radius 3 is 2.37 bits per heavy atom. The van der Waals surface area contributed by atoms with Gasteiger partial charge in [-0.2, -0.15) is 4.39 Å². The average Bonchev–Trinajstić information content (AvgIpc) is 2.66. The zero-order chi connectivity index (χ0) is 19.4. The van der Waals surface area contributed by atoms with Crippen molar-refractivity contribution in [2.45, 2.75) is 58.3 Å². The number of hydrogen-bond acceptors (Lipinski definition) is 1. The molecule has 0 saturated heterocycles. The highest BCUT2D eigenvalue weighted by molar-refractivity contribution is 5.33. The van der Waals surface area contributed by atoms with E-state index < -0.39 is 11.6 Å². The number of aryl methyl sites for hydroxylation is 2. The van der Waals surface area contributed by atoms with Gasteiger partial charge in [0.25, 0.3) is 0 Å². The second kappa shape index (κ2) is 8.81. The molecule has 1 nitrogen and oxygen atoms in total. The van der Waals surface area contributed by atoms with E-state index in [1.807, 2.05) is 19.1 Å². The number of ether oxygens (including phenoxy) is 1. The molecule has 2 aromatic carbocycles. The van der Waals surface area contributed by atoms with E-state index in [1.165, 1.54) is 6.07 Å². The van der Waals surface area contributed by atoms with Gasteiger partial charge < -0.3 is 4.74 Å². The Morgan fingerprint density at radius 1 is 0.963 bits per heavy atom. The van der Waals surface area contributed by atoms with Crippen molar-refractivity contribution in [1.29, 1.82) is 0 Å². The first kappa shape index (κ1) is 19.8. The van der Waals surface area contributed by atoms with E-state index in [2.05, 4.69) is 0 Å². The van der Waals surface area contributed by atoms with Crippen molar-refractivity contribution in [1.82, 2.24) is 0 Å². The zero-order valence-corrected chi connectivity index (χ0v) is 16.0. The number of halogens is 3. The van der Waals surface area contributed by atoms with E-state index in [0.717, 1.165) is 49.7 Å². The first-order valence-corrected chi connectivity index (χ1v) is 9.85. The van der Waals surface area contributed by atoms with Crippen molar-refractivity contribution in [3.63, 3.8) is 0 Å². The van der Waals surface area contributed by atoms with Gasteiger partial charge in [0.05, 0.1) is 6.61 Å². The lowest BCUT2D eigenvalue weighted by Gasteiger charge is -2.29. The van der Waals surface area contributed by atoms with Gasteiger partial charge in [0.15, 0.2) is 11.6 Å². The standard InChI is InChI=1S/C23H27F3O/c1-3-27-21-13-12-19(22(25)23(21)26)17-9-5-16(6-10-17)7-11-18-8-4-15(2)14-20(18)24/h4,8,12-14,16-17H,3,5-7,9-11H2,1-2H3.